The highest BCUT2D eigenvalue weighted by Crippen LogP contribution is 2.29. The smallest absolute Gasteiger partial charge is 0.337 e. The Balaban J connectivity index is 2.39. The average molecular weight is 283 g/mol. The summed E-state index contributed by atoms with van der Waals surface area (Å²) in [5, 5.41) is 9.04. The fourth-order valence-corrected chi connectivity index (χ4v) is 1.91. The molecule has 0 aromatic heterocycles. The number of carbonyl (C=O) groups excluding carboxylic acids is 1. The molecule has 0 spiro atoms. The van der Waals surface area contributed by atoms with Gasteiger partial charge in [-0.25, -0.2) is 13.6 Å². The second-order valence-electron chi connectivity index (χ2n) is 4.03. The van der Waals surface area contributed by atoms with E-state index in [1.54, 1.807) is 6.92 Å². The highest BCUT2D eigenvalue weighted by molar-refractivity contribution is 6.13. The zero-order valence-electron chi connectivity index (χ0n) is 10.5. The number of hydrogen-bond donors (Lipinski definition) is 1. The predicted molar refractivity (Wildman–Crippen MR) is 65.0 cm³/mol. The molecule has 1 aromatic rings. The molecule has 0 unspecified atom stereocenters. The van der Waals surface area contributed by atoms with E-state index in [4.69, 9.17) is 9.84 Å². The maximum atomic E-state index is 13.7. The van der Waals surface area contributed by atoms with Gasteiger partial charge in [-0.1, -0.05) is 0 Å². The highest BCUT2D eigenvalue weighted by atomic mass is 19.1. The molecule has 1 aliphatic rings. The van der Waals surface area contributed by atoms with Crippen LogP contribution >= 0.6 is 0 Å². The van der Waals surface area contributed by atoms with Crippen molar-refractivity contribution in [3.05, 3.63) is 41.2 Å². The van der Waals surface area contributed by atoms with Gasteiger partial charge in [0.05, 0.1) is 18.8 Å². The van der Waals surface area contributed by atoms with Gasteiger partial charge >= 0.3 is 5.97 Å². The quantitative estimate of drug-likeness (QED) is 0.913. The molecule has 1 aromatic carbocycles. The van der Waals surface area contributed by atoms with Crippen molar-refractivity contribution in [1.29, 1.82) is 0 Å². The average Bonchev–Trinajstić information content (AvgIpc) is 2.68. The Labute approximate surface area is 113 Å². The van der Waals surface area contributed by atoms with Crippen molar-refractivity contribution in [2.75, 3.05) is 18.1 Å². The molecule has 2 rings (SSSR count). The maximum Gasteiger partial charge on any atom is 0.337 e. The molecule has 1 heterocycles. The molecule has 7 heteroatoms. The van der Waals surface area contributed by atoms with E-state index in [0.717, 1.165) is 17.0 Å². The molecular weight excluding hydrogens is 272 g/mol. The number of carboxylic acids is 1. The standard InChI is InChI=1S/C13H11F2NO4/c1-2-20-11-8(13(18)19)6-16(12(11)17)10-4-3-7(14)5-9(10)15/h3-5H,2,6H2,1H3,(H,18,19). The molecule has 106 valence electrons. The molecule has 1 N–H and O–H groups in total. The first-order valence-electron chi connectivity index (χ1n) is 5.81. The lowest BCUT2D eigenvalue weighted by Crippen LogP contribution is -2.28. The van der Waals surface area contributed by atoms with E-state index in [1.165, 1.54) is 0 Å². The van der Waals surface area contributed by atoms with Crippen molar-refractivity contribution >= 4 is 17.6 Å². The molecule has 0 radical (unpaired) electrons. The van der Waals surface area contributed by atoms with E-state index in [-0.39, 0.29) is 30.2 Å². The van der Waals surface area contributed by atoms with Crippen LogP contribution in [0.2, 0.25) is 0 Å². The minimum Gasteiger partial charge on any atom is -0.488 e. The van der Waals surface area contributed by atoms with Crippen LogP contribution in [-0.2, 0) is 14.3 Å². The van der Waals surface area contributed by atoms with Crippen LogP contribution in [0.1, 0.15) is 6.92 Å². The fourth-order valence-electron chi connectivity index (χ4n) is 1.91. The number of amides is 1. The van der Waals surface area contributed by atoms with Crippen molar-refractivity contribution in [3.8, 4) is 0 Å². The molecule has 0 aliphatic carbocycles. The summed E-state index contributed by atoms with van der Waals surface area (Å²) in [5.41, 5.74) is -0.439. The van der Waals surface area contributed by atoms with Gasteiger partial charge in [-0.2, -0.15) is 0 Å². The Bertz CT molecular complexity index is 612. The Hall–Kier alpha value is -2.44. The first-order valence-corrected chi connectivity index (χ1v) is 5.81. The van der Waals surface area contributed by atoms with Crippen LogP contribution < -0.4 is 4.90 Å². The molecule has 0 saturated heterocycles. The number of carbonyl (C=O) groups is 2. The summed E-state index contributed by atoms with van der Waals surface area (Å²) >= 11 is 0. The van der Waals surface area contributed by atoms with Crippen LogP contribution in [0.15, 0.2) is 29.5 Å². The molecule has 1 amide bonds. The van der Waals surface area contributed by atoms with E-state index < -0.39 is 23.5 Å². The summed E-state index contributed by atoms with van der Waals surface area (Å²) in [6.07, 6.45) is 0. The summed E-state index contributed by atoms with van der Waals surface area (Å²) in [7, 11) is 0. The number of carboxylic acid groups (broad SMARTS) is 1. The van der Waals surface area contributed by atoms with Gasteiger partial charge in [0.1, 0.15) is 17.2 Å². The third-order valence-corrected chi connectivity index (χ3v) is 2.78. The highest BCUT2D eigenvalue weighted by Gasteiger charge is 2.37. The van der Waals surface area contributed by atoms with Crippen LogP contribution in [0.25, 0.3) is 0 Å². The number of rotatable bonds is 4. The van der Waals surface area contributed by atoms with Crippen LogP contribution in [0, 0.1) is 11.6 Å². The number of halogens is 2. The van der Waals surface area contributed by atoms with Gasteiger partial charge in [0.2, 0.25) is 0 Å². The Kier molecular flexibility index (Phi) is 3.69. The molecule has 1 aliphatic heterocycles. The number of nitrogens with zero attached hydrogens (tertiary/aromatic N) is 1. The number of anilines is 1. The summed E-state index contributed by atoms with van der Waals surface area (Å²) in [6.45, 7) is 1.38. The molecule has 0 bridgehead atoms. The van der Waals surface area contributed by atoms with Crippen molar-refractivity contribution in [3.63, 3.8) is 0 Å². The SMILES string of the molecule is CCOC1=C(C(=O)O)CN(c2ccc(F)cc2F)C1=O. The molecule has 20 heavy (non-hydrogen) atoms. The third kappa shape index (κ3) is 2.34. The summed E-state index contributed by atoms with van der Waals surface area (Å²) < 4.78 is 31.6. The van der Waals surface area contributed by atoms with Gasteiger partial charge in [0.25, 0.3) is 5.91 Å². The molecule has 5 nitrogen and oxygen atoms in total. The summed E-state index contributed by atoms with van der Waals surface area (Å²) in [6, 6.07) is 2.70. The van der Waals surface area contributed by atoms with Crippen LogP contribution in [0.3, 0.4) is 0 Å². The lowest BCUT2D eigenvalue weighted by atomic mass is 10.2. The van der Waals surface area contributed by atoms with Gasteiger partial charge in [-0.15, -0.1) is 0 Å². The lowest BCUT2D eigenvalue weighted by molar-refractivity contribution is -0.133. The van der Waals surface area contributed by atoms with Gasteiger partial charge in [0, 0.05) is 6.07 Å². The third-order valence-electron chi connectivity index (χ3n) is 2.78. The largest absolute Gasteiger partial charge is 0.488 e. The number of hydrogen-bond acceptors (Lipinski definition) is 3. The van der Waals surface area contributed by atoms with Crippen LogP contribution in [0.4, 0.5) is 14.5 Å². The minimum atomic E-state index is -1.31. The first-order chi connectivity index (χ1) is 9.45. The topological polar surface area (TPSA) is 66.8 Å². The molecule has 0 fully saturated rings. The predicted octanol–water partition coefficient (Wildman–Crippen LogP) is 1.69. The summed E-state index contributed by atoms with van der Waals surface area (Å²) in [4.78, 5) is 24.1. The van der Waals surface area contributed by atoms with Gasteiger partial charge in [-0.3, -0.25) is 9.69 Å². The second kappa shape index (κ2) is 5.28. The molecule has 0 atom stereocenters. The number of aliphatic carboxylic acids is 1. The van der Waals surface area contributed by atoms with Gasteiger partial charge in [0.15, 0.2) is 5.76 Å². The zero-order valence-corrected chi connectivity index (χ0v) is 10.5. The van der Waals surface area contributed by atoms with Gasteiger partial charge in [-0.05, 0) is 19.1 Å². The van der Waals surface area contributed by atoms with E-state index in [9.17, 15) is 18.4 Å². The number of ether oxygens (including phenoxy) is 1. The van der Waals surface area contributed by atoms with Crippen molar-refractivity contribution in [2.24, 2.45) is 0 Å². The number of benzene rings is 1. The van der Waals surface area contributed by atoms with Crippen molar-refractivity contribution < 1.29 is 28.2 Å². The summed E-state index contributed by atoms with van der Waals surface area (Å²) in [5.74, 6) is -4.11. The molecular formula is C13H11F2NO4. The Morgan fingerprint density at radius 3 is 2.70 bits per heavy atom. The first kappa shape index (κ1) is 14.0. The van der Waals surface area contributed by atoms with Crippen molar-refractivity contribution in [1.82, 2.24) is 0 Å². The van der Waals surface area contributed by atoms with E-state index in [0.29, 0.717) is 6.07 Å². The second-order valence-corrected chi connectivity index (χ2v) is 4.03. The van der Waals surface area contributed by atoms with Crippen LogP contribution in [0.5, 0.6) is 0 Å². The normalized spacial score (nSPS) is 14.9. The minimum absolute atomic E-state index is 0.109. The van der Waals surface area contributed by atoms with E-state index in [2.05, 4.69) is 0 Å². The maximum absolute atomic E-state index is 13.7. The lowest BCUT2D eigenvalue weighted by Gasteiger charge is -2.17. The van der Waals surface area contributed by atoms with E-state index in [1.807, 2.05) is 0 Å². The monoisotopic (exact) mass is 283 g/mol. The Morgan fingerprint density at radius 1 is 1.45 bits per heavy atom. The van der Waals surface area contributed by atoms with E-state index >= 15 is 0 Å². The molecule has 0 saturated carbocycles. The van der Waals surface area contributed by atoms with Gasteiger partial charge < -0.3 is 9.84 Å². The Morgan fingerprint density at radius 2 is 2.15 bits per heavy atom. The van der Waals surface area contributed by atoms with Crippen molar-refractivity contribution in [2.45, 2.75) is 6.92 Å². The fraction of sp³-hybridized carbons (Fsp3) is 0.231. The zero-order chi connectivity index (χ0) is 14.9. The van der Waals surface area contributed by atoms with Crippen LogP contribution in [-0.4, -0.2) is 30.1 Å².